The molecule has 100 valence electrons. The largest absolute Gasteiger partial charge is 0.486 e. The van der Waals surface area contributed by atoms with Crippen LogP contribution in [0, 0.1) is 0 Å². The summed E-state index contributed by atoms with van der Waals surface area (Å²) >= 11 is 0. The molecule has 3 rings (SSSR count). The molecule has 1 aromatic carbocycles. The van der Waals surface area contributed by atoms with Crippen molar-refractivity contribution in [3.63, 3.8) is 0 Å². The molecule has 1 aliphatic heterocycles. The Hall–Kier alpha value is -2.01. The summed E-state index contributed by atoms with van der Waals surface area (Å²) in [7, 11) is 1.92. The SMILES string of the molecule is Cn1cc(CNCc2ccc3c(c2)OCCO3)cn1. The molecule has 0 atom stereocenters. The summed E-state index contributed by atoms with van der Waals surface area (Å²) < 4.78 is 12.9. The fraction of sp³-hybridized carbons (Fsp3) is 0.357. The molecule has 0 unspecified atom stereocenters. The standard InChI is InChI=1S/C14H17N3O2/c1-17-10-12(9-16-17)8-15-7-11-2-3-13-14(6-11)19-5-4-18-13/h2-3,6,9-10,15H,4-5,7-8H2,1H3. The van der Waals surface area contributed by atoms with Crippen LogP contribution in [0.2, 0.25) is 0 Å². The third-order valence-corrected chi connectivity index (χ3v) is 3.02. The van der Waals surface area contributed by atoms with Gasteiger partial charge in [-0.1, -0.05) is 6.07 Å². The summed E-state index contributed by atoms with van der Waals surface area (Å²) in [4.78, 5) is 0. The van der Waals surface area contributed by atoms with Gasteiger partial charge in [0.2, 0.25) is 0 Å². The average Bonchev–Trinajstić information content (AvgIpc) is 2.84. The zero-order chi connectivity index (χ0) is 13.1. The molecule has 0 spiro atoms. The first-order valence-corrected chi connectivity index (χ1v) is 6.38. The number of rotatable bonds is 4. The third-order valence-electron chi connectivity index (χ3n) is 3.02. The van der Waals surface area contributed by atoms with E-state index in [2.05, 4.69) is 16.5 Å². The summed E-state index contributed by atoms with van der Waals surface area (Å²) in [6.45, 7) is 2.86. The van der Waals surface area contributed by atoms with Gasteiger partial charge < -0.3 is 14.8 Å². The van der Waals surface area contributed by atoms with Crippen LogP contribution in [0.4, 0.5) is 0 Å². The smallest absolute Gasteiger partial charge is 0.161 e. The number of ether oxygens (including phenoxy) is 2. The fourth-order valence-electron chi connectivity index (χ4n) is 2.11. The number of aromatic nitrogens is 2. The molecule has 0 aliphatic carbocycles. The molecule has 1 N–H and O–H groups in total. The first-order valence-electron chi connectivity index (χ1n) is 6.38. The minimum absolute atomic E-state index is 0.625. The summed E-state index contributed by atoms with van der Waals surface area (Å²) in [5.41, 5.74) is 2.37. The molecule has 0 saturated carbocycles. The quantitative estimate of drug-likeness (QED) is 0.903. The Kier molecular flexibility index (Phi) is 3.37. The lowest BCUT2D eigenvalue weighted by molar-refractivity contribution is 0.171. The van der Waals surface area contributed by atoms with Crippen molar-refractivity contribution in [2.75, 3.05) is 13.2 Å². The molecule has 2 heterocycles. The highest BCUT2D eigenvalue weighted by Crippen LogP contribution is 2.30. The Morgan fingerprint density at radius 2 is 1.95 bits per heavy atom. The summed E-state index contributed by atoms with van der Waals surface area (Å²) in [6, 6.07) is 6.06. The molecule has 0 bridgehead atoms. The van der Waals surface area contributed by atoms with Gasteiger partial charge in [-0.15, -0.1) is 0 Å². The van der Waals surface area contributed by atoms with Gasteiger partial charge in [0.1, 0.15) is 13.2 Å². The highest BCUT2D eigenvalue weighted by Gasteiger charge is 2.11. The lowest BCUT2D eigenvalue weighted by atomic mass is 10.2. The van der Waals surface area contributed by atoms with Crippen LogP contribution in [0.15, 0.2) is 30.6 Å². The Morgan fingerprint density at radius 3 is 2.74 bits per heavy atom. The number of nitrogens with zero attached hydrogens (tertiary/aromatic N) is 2. The van der Waals surface area contributed by atoms with Gasteiger partial charge >= 0.3 is 0 Å². The van der Waals surface area contributed by atoms with Crippen LogP contribution >= 0.6 is 0 Å². The Balaban J connectivity index is 1.58. The predicted molar refractivity (Wildman–Crippen MR) is 71.2 cm³/mol. The highest BCUT2D eigenvalue weighted by atomic mass is 16.6. The van der Waals surface area contributed by atoms with Gasteiger partial charge in [-0.2, -0.15) is 5.10 Å². The zero-order valence-corrected chi connectivity index (χ0v) is 10.9. The third kappa shape index (κ3) is 2.88. The van der Waals surface area contributed by atoms with E-state index in [9.17, 15) is 0 Å². The second kappa shape index (κ2) is 5.32. The zero-order valence-electron chi connectivity index (χ0n) is 10.9. The average molecular weight is 259 g/mol. The molecule has 0 amide bonds. The molecule has 5 nitrogen and oxygen atoms in total. The van der Waals surface area contributed by atoms with Crippen LogP contribution in [0.1, 0.15) is 11.1 Å². The van der Waals surface area contributed by atoms with Gasteiger partial charge in [0.15, 0.2) is 11.5 Å². The second-order valence-electron chi connectivity index (χ2n) is 4.60. The van der Waals surface area contributed by atoms with Crippen LogP contribution in [0.3, 0.4) is 0 Å². The van der Waals surface area contributed by atoms with Crippen molar-refractivity contribution in [3.8, 4) is 11.5 Å². The monoisotopic (exact) mass is 259 g/mol. The van der Waals surface area contributed by atoms with E-state index in [0.29, 0.717) is 13.2 Å². The van der Waals surface area contributed by atoms with Crippen molar-refractivity contribution in [2.45, 2.75) is 13.1 Å². The molecule has 2 aromatic rings. The second-order valence-corrected chi connectivity index (χ2v) is 4.60. The van der Waals surface area contributed by atoms with Gasteiger partial charge in [-0.3, -0.25) is 4.68 Å². The van der Waals surface area contributed by atoms with Gasteiger partial charge in [-0.05, 0) is 17.7 Å². The molecule has 1 aliphatic rings. The Morgan fingerprint density at radius 1 is 1.16 bits per heavy atom. The van der Waals surface area contributed by atoms with Crippen molar-refractivity contribution in [3.05, 3.63) is 41.7 Å². The molecule has 1 aromatic heterocycles. The number of nitrogens with one attached hydrogen (secondary N) is 1. The molecule has 0 saturated heterocycles. The van der Waals surface area contributed by atoms with Crippen molar-refractivity contribution in [1.29, 1.82) is 0 Å². The molecular weight excluding hydrogens is 242 g/mol. The summed E-state index contributed by atoms with van der Waals surface area (Å²) in [5.74, 6) is 1.68. The van der Waals surface area contributed by atoms with E-state index >= 15 is 0 Å². The van der Waals surface area contributed by atoms with Crippen LogP contribution in [0.25, 0.3) is 0 Å². The number of hydrogen-bond donors (Lipinski definition) is 1. The topological polar surface area (TPSA) is 48.3 Å². The lowest BCUT2D eigenvalue weighted by Gasteiger charge is -2.18. The molecular formula is C14H17N3O2. The predicted octanol–water partition coefficient (Wildman–Crippen LogP) is 1.48. The maximum Gasteiger partial charge on any atom is 0.161 e. The van der Waals surface area contributed by atoms with Gasteiger partial charge in [0.05, 0.1) is 6.20 Å². The summed E-state index contributed by atoms with van der Waals surface area (Å²) in [5, 5.41) is 7.53. The van der Waals surface area contributed by atoms with Gasteiger partial charge in [0, 0.05) is 31.9 Å². The van der Waals surface area contributed by atoms with E-state index in [4.69, 9.17) is 9.47 Å². The Labute approximate surface area is 112 Å². The maximum absolute atomic E-state index is 5.57. The van der Waals surface area contributed by atoms with Crippen molar-refractivity contribution in [1.82, 2.24) is 15.1 Å². The first kappa shape index (κ1) is 12.0. The van der Waals surface area contributed by atoms with E-state index in [1.807, 2.05) is 31.6 Å². The van der Waals surface area contributed by atoms with E-state index in [0.717, 1.165) is 24.6 Å². The highest BCUT2D eigenvalue weighted by molar-refractivity contribution is 5.43. The fourth-order valence-corrected chi connectivity index (χ4v) is 2.11. The van der Waals surface area contributed by atoms with Crippen molar-refractivity contribution in [2.24, 2.45) is 7.05 Å². The van der Waals surface area contributed by atoms with Gasteiger partial charge in [-0.25, -0.2) is 0 Å². The normalized spacial score (nSPS) is 13.5. The molecule has 0 radical (unpaired) electrons. The van der Waals surface area contributed by atoms with Crippen LogP contribution in [0.5, 0.6) is 11.5 Å². The molecule has 19 heavy (non-hydrogen) atoms. The van der Waals surface area contributed by atoms with Crippen molar-refractivity contribution >= 4 is 0 Å². The van der Waals surface area contributed by atoms with E-state index in [1.54, 1.807) is 4.68 Å². The number of fused-ring (bicyclic) bond motifs is 1. The van der Waals surface area contributed by atoms with E-state index in [-0.39, 0.29) is 0 Å². The first-order chi connectivity index (χ1) is 9.31. The van der Waals surface area contributed by atoms with Crippen LogP contribution < -0.4 is 14.8 Å². The van der Waals surface area contributed by atoms with Crippen LogP contribution in [-0.2, 0) is 20.1 Å². The number of aryl methyl sites for hydroxylation is 1. The minimum Gasteiger partial charge on any atom is -0.486 e. The molecule has 0 fully saturated rings. The van der Waals surface area contributed by atoms with E-state index < -0.39 is 0 Å². The van der Waals surface area contributed by atoms with Crippen molar-refractivity contribution < 1.29 is 9.47 Å². The van der Waals surface area contributed by atoms with Gasteiger partial charge in [0.25, 0.3) is 0 Å². The maximum atomic E-state index is 5.57. The number of benzene rings is 1. The minimum atomic E-state index is 0.625. The lowest BCUT2D eigenvalue weighted by Crippen LogP contribution is -2.16. The number of hydrogen-bond acceptors (Lipinski definition) is 4. The molecule has 5 heteroatoms. The van der Waals surface area contributed by atoms with Crippen LogP contribution in [-0.4, -0.2) is 23.0 Å². The summed E-state index contributed by atoms with van der Waals surface area (Å²) in [6.07, 6.45) is 3.88. The Bertz CT molecular complexity index is 566. The van der Waals surface area contributed by atoms with E-state index in [1.165, 1.54) is 11.1 Å².